The van der Waals surface area contributed by atoms with Crippen molar-refractivity contribution in [2.24, 2.45) is 11.8 Å². The van der Waals surface area contributed by atoms with E-state index in [1.54, 1.807) is 7.11 Å². The number of nitrogens with one attached hydrogen (secondary N) is 1. The van der Waals surface area contributed by atoms with Gasteiger partial charge in [-0.05, 0) is 60.9 Å². The second kappa shape index (κ2) is 9.79. The highest BCUT2D eigenvalue weighted by atomic mass is 16.5. The van der Waals surface area contributed by atoms with Crippen LogP contribution in [0.2, 0.25) is 0 Å². The Balaban J connectivity index is 1.66. The van der Waals surface area contributed by atoms with Gasteiger partial charge in [-0.2, -0.15) is 0 Å². The van der Waals surface area contributed by atoms with Gasteiger partial charge in [-0.1, -0.05) is 38.1 Å². The van der Waals surface area contributed by atoms with Crippen LogP contribution in [0.1, 0.15) is 48.2 Å². The first-order chi connectivity index (χ1) is 14.4. The molecule has 2 aromatic carbocycles. The zero-order valence-electron chi connectivity index (χ0n) is 18.4. The van der Waals surface area contributed by atoms with Crippen molar-refractivity contribution in [2.45, 2.75) is 40.0 Å². The molecular weight excluding hydrogens is 376 g/mol. The molecule has 2 atom stereocenters. The predicted molar refractivity (Wildman–Crippen MR) is 120 cm³/mol. The van der Waals surface area contributed by atoms with Crippen LogP contribution in [0.25, 0.3) is 0 Å². The maximum absolute atomic E-state index is 13.0. The fourth-order valence-corrected chi connectivity index (χ4v) is 4.27. The molecule has 3 rings (SSSR count). The molecule has 1 N–H and O–H groups in total. The Morgan fingerprint density at radius 2 is 1.80 bits per heavy atom. The van der Waals surface area contributed by atoms with Gasteiger partial charge in [-0.25, -0.2) is 0 Å². The van der Waals surface area contributed by atoms with Gasteiger partial charge in [0.15, 0.2) is 0 Å². The minimum atomic E-state index is -0.0752. The van der Waals surface area contributed by atoms with Crippen molar-refractivity contribution in [2.75, 3.05) is 25.5 Å². The summed E-state index contributed by atoms with van der Waals surface area (Å²) in [6.07, 6.45) is 2.10. The zero-order chi connectivity index (χ0) is 21.7. The molecule has 1 saturated heterocycles. The average molecular weight is 409 g/mol. The van der Waals surface area contributed by atoms with E-state index in [-0.39, 0.29) is 11.8 Å². The summed E-state index contributed by atoms with van der Waals surface area (Å²) in [6.45, 7) is 7.90. The number of ether oxygens (including phenoxy) is 1. The number of carbonyl (C=O) groups is 2. The third kappa shape index (κ3) is 5.41. The standard InChI is InChI=1S/C25H32N2O3/c1-17-13-18(2)16-27(15-17)25(29)21-10-9-19(3)22(14-21)26-24(28)12-11-20-7-5-6-8-23(20)30-4/h5-10,14,17-18H,11-13,15-16H2,1-4H3,(H,26,28). The number of para-hydroxylation sites is 1. The molecule has 0 aromatic heterocycles. The fraction of sp³-hybridized carbons (Fsp3) is 0.440. The first-order valence-electron chi connectivity index (χ1n) is 10.7. The number of benzene rings is 2. The molecule has 0 spiro atoms. The van der Waals surface area contributed by atoms with Crippen molar-refractivity contribution < 1.29 is 14.3 Å². The molecule has 1 fully saturated rings. The van der Waals surface area contributed by atoms with Gasteiger partial charge in [0.05, 0.1) is 7.11 Å². The quantitative estimate of drug-likeness (QED) is 0.754. The maximum Gasteiger partial charge on any atom is 0.253 e. The Morgan fingerprint density at radius 3 is 2.50 bits per heavy atom. The molecule has 0 bridgehead atoms. The maximum atomic E-state index is 13.0. The lowest BCUT2D eigenvalue weighted by Crippen LogP contribution is -2.42. The molecule has 5 heteroatoms. The number of anilines is 1. The van der Waals surface area contributed by atoms with Crippen LogP contribution >= 0.6 is 0 Å². The van der Waals surface area contributed by atoms with Gasteiger partial charge in [0.1, 0.15) is 5.75 Å². The molecule has 1 aliphatic rings. The van der Waals surface area contributed by atoms with Crippen molar-refractivity contribution in [3.63, 3.8) is 0 Å². The molecule has 0 radical (unpaired) electrons. The summed E-state index contributed by atoms with van der Waals surface area (Å²) in [5.41, 5.74) is 3.27. The van der Waals surface area contributed by atoms with E-state index in [0.29, 0.717) is 35.9 Å². The molecular formula is C25H32N2O3. The van der Waals surface area contributed by atoms with Gasteiger partial charge in [0.25, 0.3) is 5.91 Å². The van der Waals surface area contributed by atoms with Crippen LogP contribution in [0, 0.1) is 18.8 Å². The molecule has 2 amide bonds. The summed E-state index contributed by atoms with van der Waals surface area (Å²) in [5, 5.41) is 2.98. The van der Waals surface area contributed by atoms with Crippen LogP contribution in [-0.4, -0.2) is 36.9 Å². The SMILES string of the molecule is COc1ccccc1CCC(=O)Nc1cc(C(=O)N2CC(C)CC(C)C2)ccc1C. The molecule has 5 nitrogen and oxygen atoms in total. The summed E-state index contributed by atoms with van der Waals surface area (Å²) in [7, 11) is 1.63. The minimum absolute atomic E-state index is 0.0397. The third-order valence-electron chi connectivity index (χ3n) is 5.73. The Kier molecular flexibility index (Phi) is 7.14. The highest BCUT2D eigenvalue weighted by Gasteiger charge is 2.26. The Labute approximate surface area is 179 Å². The Morgan fingerprint density at radius 1 is 1.10 bits per heavy atom. The molecule has 0 aliphatic carbocycles. The van der Waals surface area contributed by atoms with Crippen LogP contribution < -0.4 is 10.1 Å². The Hall–Kier alpha value is -2.82. The molecule has 160 valence electrons. The van der Waals surface area contributed by atoms with Gasteiger partial charge in [0, 0.05) is 30.8 Å². The second-order valence-corrected chi connectivity index (χ2v) is 8.55. The topological polar surface area (TPSA) is 58.6 Å². The first-order valence-corrected chi connectivity index (χ1v) is 10.7. The number of rotatable bonds is 6. The third-order valence-corrected chi connectivity index (χ3v) is 5.73. The van der Waals surface area contributed by atoms with Crippen molar-refractivity contribution in [3.8, 4) is 5.75 Å². The smallest absolute Gasteiger partial charge is 0.253 e. The number of carbonyl (C=O) groups excluding carboxylic acids is 2. The number of nitrogens with zero attached hydrogens (tertiary/aromatic N) is 1. The van der Waals surface area contributed by atoms with Crippen LogP contribution in [0.5, 0.6) is 5.75 Å². The highest BCUT2D eigenvalue weighted by molar-refractivity contribution is 5.98. The number of aryl methyl sites for hydroxylation is 2. The van der Waals surface area contributed by atoms with Crippen molar-refractivity contribution in [3.05, 3.63) is 59.2 Å². The van der Waals surface area contributed by atoms with Gasteiger partial charge in [0.2, 0.25) is 5.91 Å². The summed E-state index contributed by atoms with van der Waals surface area (Å²) in [6, 6.07) is 13.3. The van der Waals surface area contributed by atoms with E-state index in [0.717, 1.165) is 36.4 Å². The van der Waals surface area contributed by atoms with E-state index in [4.69, 9.17) is 4.74 Å². The lowest BCUT2D eigenvalue weighted by Gasteiger charge is -2.35. The van der Waals surface area contributed by atoms with Gasteiger partial charge in [-0.3, -0.25) is 9.59 Å². The van der Waals surface area contributed by atoms with E-state index >= 15 is 0 Å². The van der Waals surface area contributed by atoms with Crippen LogP contribution in [-0.2, 0) is 11.2 Å². The number of hydrogen-bond acceptors (Lipinski definition) is 3. The van der Waals surface area contributed by atoms with E-state index in [1.165, 1.54) is 0 Å². The summed E-state index contributed by atoms with van der Waals surface area (Å²) in [4.78, 5) is 27.5. The minimum Gasteiger partial charge on any atom is -0.496 e. The second-order valence-electron chi connectivity index (χ2n) is 8.55. The van der Waals surface area contributed by atoms with Crippen molar-refractivity contribution in [1.82, 2.24) is 4.90 Å². The van der Waals surface area contributed by atoms with E-state index in [1.807, 2.05) is 54.3 Å². The summed E-state index contributed by atoms with van der Waals surface area (Å²) in [5.74, 6) is 1.78. The molecule has 2 aromatic rings. The molecule has 1 heterocycles. The molecule has 2 unspecified atom stereocenters. The number of likely N-dealkylation sites (tertiary alicyclic amines) is 1. The van der Waals surface area contributed by atoms with Crippen LogP contribution in [0.15, 0.2) is 42.5 Å². The average Bonchev–Trinajstić information content (AvgIpc) is 2.72. The largest absolute Gasteiger partial charge is 0.496 e. The lowest BCUT2D eigenvalue weighted by atomic mass is 9.91. The monoisotopic (exact) mass is 408 g/mol. The van der Waals surface area contributed by atoms with Crippen LogP contribution in [0.3, 0.4) is 0 Å². The predicted octanol–water partition coefficient (Wildman–Crippen LogP) is 4.69. The van der Waals surface area contributed by atoms with E-state index in [2.05, 4.69) is 19.2 Å². The highest BCUT2D eigenvalue weighted by Crippen LogP contribution is 2.25. The van der Waals surface area contributed by atoms with Crippen molar-refractivity contribution >= 4 is 17.5 Å². The normalized spacial score (nSPS) is 18.7. The molecule has 30 heavy (non-hydrogen) atoms. The zero-order valence-corrected chi connectivity index (χ0v) is 18.4. The number of methoxy groups -OCH3 is 1. The van der Waals surface area contributed by atoms with Gasteiger partial charge >= 0.3 is 0 Å². The van der Waals surface area contributed by atoms with Gasteiger partial charge in [-0.15, -0.1) is 0 Å². The number of hydrogen-bond donors (Lipinski definition) is 1. The molecule has 0 saturated carbocycles. The van der Waals surface area contributed by atoms with Gasteiger partial charge < -0.3 is 15.0 Å². The molecule has 1 aliphatic heterocycles. The summed E-state index contributed by atoms with van der Waals surface area (Å²) >= 11 is 0. The fourth-order valence-electron chi connectivity index (χ4n) is 4.27. The lowest BCUT2D eigenvalue weighted by molar-refractivity contribution is -0.116. The number of amides is 2. The van der Waals surface area contributed by atoms with Crippen LogP contribution in [0.4, 0.5) is 5.69 Å². The summed E-state index contributed by atoms with van der Waals surface area (Å²) < 4.78 is 5.36. The number of piperidine rings is 1. The van der Waals surface area contributed by atoms with Crippen molar-refractivity contribution in [1.29, 1.82) is 0 Å². The Bertz CT molecular complexity index is 899. The van der Waals surface area contributed by atoms with E-state index < -0.39 is 0 Å². The first kappa shape index (κ1) is 21.9. The van der Waals surface area contributed by atoms with E-state index in [9.17, 15) is 9.59 Å².